The number of nitrogens with zero attached hydrogens (tertiary/aromatic N) is 2. The summed E-state index contributed by atoms with van der Waals surface area (Å²) in [5.74, 6) is 0.733. The summed E-state index contributed by atoms with van der Waals surface area (Å²) in [7, 11) is 0. The van der Waals surface area contributed by atoms with Crippen molar-refractivity contribution >= 4 is 28.7 Å². The number of aromatic nitrogens is 2. The topological polar surface area (TPSA) is 129 Å². The molecule has 1 aliphatic rings. The van der Waals surface area contributed by atoms with E-state index in [1.807, 2.05) is 6.07 Å². The maximum Gasteiger partial charge on any atom is 0.405 e. The van der Waals surface area contributed by atoms with Gasteiger partial charge in [-0.15, -0.1) is 0 Å². The molecule has 10 nitrogen and oxygen atoms in total. The van der Waals surface area contributed by atoms with Crippen LogP contribution in [0.1, 0.15) is 19.6 Å². The molecule has 2 aromatic carbocycles. The van der Waals surface area contributed by atoms with E-state index in [2.05, 4.69) is 22.0 Å². The Morgan fingerprint density at radius 2 is 1.95 bits per heavy atom. The fraction of sp³-hybridized carbons (Fsp3) is 0.269. The molecule has 1 saturated heterocycles. The SMILES string of the molecule is C=CCOc1ccc(-c2nc(-c3ccc4oc(C5(NC(=O)O)COC(C)(C)OC5)cc4c3)no2)cc1Cl. The highest BCUT2D eigenvalue weighted by Gasteiger charge is 2.45. The molecule has 2 N–H and O–H groups in total. The Morgan fingerprint density at radius 1 is 1.19 bits per heavy atom. The predicted octanol–water partition coefficient (Wildman–Crippen LogP) is 5.61. The van der Waals surface area contributed by atoms with Crippen molar-refractivity contribution in [3.05, 3.63) is 65.9 Å². The summed E-state index contributed by atoms with van der Waals surface area (Å²) in [5.41, 5.74) is 0.689. The van der Waals surface area contributed by atoms with Crippen LogP contribution in [0.2, 0.25) is 5.02 Å². The van der Waals surface area contributed by atoms with Crippen LogP contribution in [0, 0.1) is 0 Å². The maximum atomic E-state index is 11.6. The summed E-state index contributed by atoms with van der Waals surface area (Å²) in [4.78, 5) is 16.1. The largest absolute Gasteiger partial charge is 0.488 e. The van der Waals surface area contributed by atoms with E-state index in [9.17, 15) is 9.90 Å². The Balaban J connectivity index is 1.43. The summed E-state index contributed by atoms with van der Waals surface area (Å²) >= 11 is 6.31. The number of carboxylic acid groups (broad SMARTS) is 1. The summed E-state index contributed by atoms with van der Waals surface area (Å²) in [5, 5.41) is 17.2. The van der Waals surface area contributed by atoms with Gasteiger partial charge in [-0.2, -0.15) is 4.98 Å². The van der Waals surface area contributed by atoms with Gasteiger partial charge in [0, 0.05) is 16.5 Å². The lowest BCUT2D eigenvalue weighted by molar-refractivity contribution is -0.274. The van der Waals surface area contributed by atoms with Crippen LogP contribution in [0.5, 0.6) is 5.75 Å². The molecular formula is C26H24ClN3O7. The van der Waals surface area contributed by atoms with Gasteiger partial charge in [0.25, 0.3) is 5.89 Å². The standard InChI is InChI=1S/C26H24ClN3O7/c1-4-9-33-20-8-6-16(11-18(20)27)23-28-22(30-37-23)15-5-7-19-17(10-15)12-21(36-19)26(29-24(31)32)13-34-25(2,3)35-14-26/h4-8,10-12,29H,1,9,13-14H2,2-3H3,(H,31,32). The molecule has 11 heteroatoms. The number of fused-ring (bicyclic) bond motifs is 1. The first-order valence-corrected chi connectivity index (χ1v) is 11.8. The van der Waals surface area contributed by atoms with Gasteiger partial charge in [-0.1, -0.05) is 29.4 Å². The normalized spacial score (nSPS) is 16.4. The van der Waals surface area contributed by atoms with Crippen LogP contribution in [0.25, 0.3) is 33.8 Å². The first-order chi connectivity index (χ1) is 17.7. The average molecular weight is 526 g/mol. The first kappa shape index (κ1) is 24.8. The zero-order chi connectivity index (χ0) is 26.2. The Labute approximate surface area is 216 Å². The molecule has 0 spiro atoms. The summed E-state index contributed by atoms with van der Waals surface area (Å²) in [6.07, 6.45) is 0.418. The molecule has 0 aliphatic carbocycles. The molecule has 2 aromatic heterocycles. The number of rotatable bonds is 7. The molecule has 0 bridgehead atoms. The summed E-state index contributed by atoms with van der Waals surface area (Å²) < 4.78 is 28.5. The zero-order valence-electron chi connectivity index (χ0n) is 20.1. The van der Waals surface area contributed by atoms with Gasteiger partial charge in [-0.25, -0.2) is 4.79 Å². The third-order valence-corrected chi connectivity index (χ3v) is 6.18. The predicted molar refractivity (Wildman–Crippen MR) is 134 cm³/mol. The molecular weight excluding hydrogens is 502 g/mol. The minimum atomic E-state index is -1.22. The van der Waals surface area contributed by atoms with Crippen LogP contribution in [0.3, 0.4) is 0 Å². The second-order valence-corrected chi connectivity index (χ2v) is 9.43. The van der Waals surface area contributed by atoms with Gasteiger partial charge in [0.2, 0.25) is 5.82 Å². The Morgan fingerprint density at radius 3 is 2.65 bits per heavy atom. The highest BCUT2D eigenvalue weighted by Crippen LogP contribution is 2.36. The highest BCUT2D eigenvalue weighted by atomic mass is 35.5. The average Bonchev–Trinajstić information content (AvgIpc) is 3.52. The molecule has 1 aliphatic heterocycles. The summed E-state index contributed by atoms with van der Waals surface area (Å²) in [6.45, 7) is 7.59. The molecule has 1 amide bonds. The highest BCUT2D eigenvalue weighted by molar-refractivity contribution is 6.32. The first-order valence-electron chi connectivity index (χ1n) is 11.4. The summed E-state index contributed by atoms with van der Waals surface area (Å²) in [6, 6.07) is 12.3. The van der Waals surface area contributed by atoms with Crippen LogP contribution in [-0.4, -0.2) is 46.9 Å². The Bertz CT molecular complexity index is 1470. The number of hydrogen-bond acceptors (Lipinski definition) is 8. The van der Waals surface area contributed by atoms with E-state index in [4.69, 9.17) is 34.8 Å². The lowest BCUT2D eigenvalue weighted by Gasteiger charge is -2.41. The lowest BCUT2D eigenvalue weighted by atomic mass is 9.96. The minimum absolute atomic E-state index is 0.0488. The molecule has 192 valence electrons. The van der Waals surface area contributed by atoms with E-state index in [0.717, 1.165) is 5.39 Å². The fourth-order valence-electron chi connectivity index (χ4n) is 3.93. The second-order valence-electron chi connectivity index (χ2n) is 9.02. The molecule has 5 rings (SSSR count). The van der Waals surface area contributed by atoms with Gasteiger partial charge >= 0.3 is 6.09 Å². The van der Waals surface area contributed by atoms with Crippen LogP contribution in [0.15, 0.2) is 64.1 Å². The van der Waals surface area contributed by atoms with Crippen LogP contribution < -0.4 is 10.1 Å². The van der Waals surface area contributed by atoms with E-state index >= 15 is 0 Å². The molecule has 37 heavy (non-hydrogen) atoms. The zero-order valence-corrected chi connectivity index (χ0v) is 20.9. The van der Waals surface area contributed by atoms with Crippen molar-refractivity contribution < 1.29 is 33.1 Å². The smallest absolute Gasteiger partial charge is 0.405 e. The molecule has 0 radical (unpaired) electrons. The minimum Gasteiger partial charge on any atom is -0.488 e. The van der Waals surface area contributed by atoms with Crippen molar-refractivity contribution in [2.24, 2.45) is 0 Å². The van der Waals surface area contributed by atoms with Crippen molar-refractivity contribution in [1.29, 1.82) is 0 Å². The Kier molecular flexibility index (Phi) is 6.40. The molecule has 1 fully saturated rings. The van der Waals surface area contributed by atoms with Gasteiger partial charge in [0.15, 0.2) is 5.79 Å². The van der Waals surface area contributed by atoms with Crippen LogP contribution >= 0.6 is 11.6 Å². The van der Waals surface area contributed by atoms with Crippen molar-refractivity contribution in [2.75, 3.05) is 19.8 Å². The van der Waals surface area contributed by atoms with Gasteiger partial charge in [-0.3, -0.25) is 0 Å². The van der Waals surface area contributed by atoms with Gasteiger partial charge in [0.05, 0.1) is 18.2 Å². The fourth-order valence-corrected chi connectivity index (χ4v) is 4.17. The number of carbonyl (C=O) groups is 1. The van der Waals surface area contributed by atoms with Gasteiger partial charge < -0.3 is 33.6 Å². The van der Waals surface area contributed by atoms with Crippen molar-refractivity contribution in [2.45, 2.75) is 25.2 Å². The van der Waals surface area contributed by atoms with Crippen LogP contribution in [0.4, 0.5) is 4.79 Å². The van der Waals surface area contributed by atoms with Crippen molar-refractivity contribution in [3.8, 4) is 28.6 Å². The molecule has 0 atom stereocenters. The second kappa shape index (κ2) is 9.55. The van der Waals surface area contributed by atoms with E-state index < -0.39 is 17.4 Å². The Hall–Kier alpha value is -3.86. The lowest BCUT2D eigenvalue weighted by Crippen LogP contribution is -2.58. The monoisotopic (exact) mass is 525 g/mol. The molecule has 0 saturated carbocycles. The number of hydrogen-bond donors (Lipinski definition) is 2. The van der Waals surface area contributed by atoms with Gasteiger partial charge in [0.1, 0.15) is 29.2 Å². The molecule has 3 heterocycles. The van der Waals surface area contributed by atoms with Crippen molar-refractivity contribution in [1.82, 2.24) is 15.5 Å². The number of amides is 1. The third-order valence-electron chi connectivity index (χ3n) is 5.89. The number of benzene rings is 2. The molecule has 0 unspecified atom stereocenters. The van der Waals surface area contributed by atoms with E-state index in [1.54, 1.807) is 56.3 Å². The number of nitrogens with one attached hydrogen (secondary N) is 1. The van der Waals surface area contributed by atoms with E-state index in [1.165, 1.54) is 0 Å². The van der Waals surface area contributed by atoms with Gasteiger partial charge in [-0.05, 0) is 56.3 Å². The quantitative estimate of drug-likeness (QED) is 0.295. The van der Waals surface area contributed by atoms with E-state index in [0.29, 0.717) is 51.6 Å². The van der Waals surface area contributed by atoms with Crippen LogP contribution in [-0.2, 0) is 15.0 Å². The van der Waals surface area contributed by atoms with Crippen molar-refractivity contribution in [3.63, 3.8) is 0 Å². The maximum absolute atomic E-state index is 11.6. The number of halogens is 1. The number of furan rings is 1. The molecule has 4 aromatic rings. The number of ether oxygens (including phenoxy) is 3. The van der Waals surface area contributed by atoms with E-state index in [-0.39, 0.29) is 13.2 Å². The third kappa shape index (κ3) is 5.04.